The smallest absolute Gasteiger partial charge is 0.261 e. The highest BCUT2D eigenvalue weighted by Gasteiger charge is 2.21. The average molecular weight is 353 g/mol. The van der Waals surface area contributed by atoms with Crippen LogP contribution in [0.3, 0.4) is 0 Å². The monoisotopic (exact) mass is 352 g/mol. The van der Waals surface area contributed by atoms with E-state index in [1.807, 2.05) is 20.8 Å². The molecule has 2 heterocycles. The van der Waals surface area contributed by atoms with Gasteiger partial charge in [-0.2, -0.15) is 0 Å². The molecular weight excluding hydrogens is 339 g/mol. The summed E-state index contributed by atoms with van der Waals surface area (Å²) in [6, 6.07) is 3.10. The van der Waals surface area contributed by atoms with Gasteiger partial charge in [0.05, 0.1) is 22.3 Å². The second-order valence-corrected chi connectivity index (χ2v) is 7.06. The van der Waals surface area contributed by atoms with Crippen molar-refractivity contribution < 1.29 is 4.42 Å². The van der Waals surface area contributed by atoms with Crippen LogP contribution in [0.2, 0.25) is 10.0 Å². The van der Waals surface area contributed by atoms with Crippen LogP contribution in [0.4, 0.5) is 0 Å². The Balaban J connectivity index is 2.03. The van der Waals surface area contributed by atoms with Crippen LogP contribution in [0.1, 0.15) is 32.6 Å². The van der Waals surface area contributed by atoms with E-state index in [0.29, 0.717) is 32.7 Å². The molecule has 0 aliphatic rings. The number of fused-ring (bicyclic) bond motifs is 1. The van der Waals surface area contributed by atoms with Crippen LogP contribution in [-0.4, -0.2) is 19.7 Å². The number of aromatic nitrogens is 4. The third kappa shape index (κ3) is 3.09. The Morgan fingerprint density at radius 1 is 1.22 bits per heavy atom. The lowest BCUT2D eigenvalue weighted by Gasteiger charge is -2.11. The second kappa shape index (κ2) is 5.62. The van der Waals surface area contributed by atoms with Crippen molar-refractivity contribution in [3.05, 3.63) is 50.6 Å². The van der Waals surface area contributed by atoms with Crippen LogP contribution in [0.15, 0.2) is 27.7 Å². The van der Waals surface area contributed by atoms with Gasteiger partial charge in [-0.05, 0) is 12.1 Å². The minimum atomic E-state index is -0.269. The maximum Gasteiger partial charge on any atom is 0.261 e. The Kier molecular flexibility index (Phi) is 3.90. The molecule has 0 saturated heterocycles. The highest BCUT2D eigenvalue weighted by molar-refractivity contribution is 6.38. The molecular formula is C15H14Cl2N4O2. The van der Waals surface area contributed by atoms with Gasteiger partial charge in [0.15, 0.2) is 0 Å². The van der Waals surface area contributed by atoms with Gasteiger partial charge in [-0.3, -0.25) is 9.36 Å². The summed E-state index contributed by atoms with van der Waals surface area (Å²) in [6.07, 6.45) is 1.41. The number of hydrogen-bond donors (Lipinski definition) is 0. The summed E-state index contributed by atoms with van der Waals surface area (Å²) in [7, 11) is 0. The van der Waals surface area contributed by atoms with Crippen LogP contribution in [0, 0.1) is 0 Å². The number of halogens is 2. The van der Waals surface area contributed by atoms with Crippen LogP contribution < -0.4 is 5.56 Å². The van der Waals surface area contributed by atoms with E-state index >= 15 is 0 Å². The average Bonchev–Trinajstić information content (AvgIpc) is 2.91. The quantitative estimate of drug-likeness (QED) is 0.706. The van der Waals surface area contributed by atoms with E-state index < -0.39 is 0 Å². The van der Waals surface area contributed by atoms with Crippen LogP contribution in [0.5, 0.6) is 0 Å². The zero-order chi connectivity index (χ0) is 16.8. The normalized spacial score (nSPS) is 12.0. The number of benzene rings is 1. The van der Waals surface area contributed by atoms with Gasteiger partial charge in [-0.1, -0.05) is 44.0 Å². The first-order valence-corrected chi connectivity index (χ1v) is 7.68. The minimum Gasteiger partial charge on any atom is -0.423 e. The van der Waals surface area contributed by atoms with Crippen LogP contribution >= 0.6 is 23.2 Å². The van der Waals surface area contributed by atoms with Crippen molar-refractivity contribution >= 4 is 34.1 Å². The Hall–Kier alpha value is -1.92. The maximum atomic E-state index is 12.6. The van der Waals surface area contributed by atoms with Gasteiger partial charge in [0.1, 0.15) is 6.54 Å². The van der Waals surface area contributed by atoms with Crippen molar-refractivity contribution in [2.75, 3.05) is 0 Å². The van der Waals surface area contributed by atoms with Crippen LogP contribution in [0.25, 0.3) is 10.9 Å². The van der Waals surface area contributed by atoms with Crippen molar-refractivity contribution in [2.24, 2.45) is 0 Å². The Morgan fingerprint density at radius 2 is 1.96 bits per heavy atom. The fraction of sp³-hybridized carbons (Fsp3) is 0.333. The van der Waals surface area contributed by atoms with Gasteiger partial charge in [0.2, 0.25) is 11.8 Å². The Morgan fingerprint density at radius 3 is 2.61 bits per heavy atom. The molecule has 0 amide bonds. The third-order valence-electron chi connectivity index (χ3n) is 3.26. The third-order valence-corrected chi connectivity index (χ3v) is 3.77. The Labute approximate surface area is 142 Å². The van der Waals surface area contributed by atoms with E-state index in [0.717, 1.165) is 0 Å². The van der Waals surface area contributed by atoms with E-state index in [4.69, 9.17) is 27.6 Å². The molecule has 8 heteroatoms. The summed E-state index contributed by atoms with van der Waals surface area (Å²) in [6.45, 7) is 6.04. The summed E-state index contributed by atoms with van der Waals surface area (Å²) in [5.41, 5.74) is -0.105. The number of nitrogens with zero attached hydrogens (tertiary/aromatic N) is 4. The van der Waals surface area contributed by atoms with Crippen molar-refractivity contribution in [1.29, 1.82) is 0 Å². The molecule has 0 saturated carbocycles. The first-order valence-electron chi connectivity index (χ1n) is 6.93. The summed E-state index contributed by atoms with van der Waals surface area (Å²) >= 11 is 12.0. The molecule has 0 atom stereocenters. The molecule has 6 nitrogen and oxygen atoms in total. The fourth-order valence-electron chi connectivity index (χ4n) is 2.07. The zero-order valence-electron chi connectivity index (χ0n) is 12.8. The molecule has 3 aromatic rings. The highest BCUT2D eigenvalue weighted by Crippen LogP contribution is 2.24. The molecule has 120 valence electrons. The SMILES string of the molecule is CC(C)(C)c1nnc(Cn2cnc3c(Cl)cc(Cl)cc3c2=O)o1. The lowest BCUT2D eigenvalue weighted by atomic mass is 9.97. The van der Waals surface area contributed by atoms with Crippen molar-refractivity contribution in [3.8, 4) is 0 Å². The molecule has 2 aromatic heterocycles. The van der Waals surface area contributed by atoms with Crippen LogP contribution in [-0.2, 0) is 12.0 Å². The number of hydrogen-bond acceptors (Lipinski definition) is 5. The van der Waals surface area contributed by atoms with E-state index in [1.165, 1.54) is 10.9 Å². The van der Waals surface area contributed by atoms with Gasteiger partial charge >= 0.3 is 0 Å². The van der Waals surface area contributed by atoms with E-state index in [-0.39, 0.29) is 17.5 Å². The van der Waals surface area contributed by atoms with E-state index in [9.17, 15) is 4.79 Å². The molecule has 0 N–H and O–H groups in total. The minimum absolute atomic E-state index is 0.134. The second-order valence-electron chi connectivity index (χ2n) is 6.21. The van der Waals surface area contributed by atoms with Gasteiger partial charge < -0.3 is 4.42 Å². The molecule has 23 heavy (non-hydrogen) atoms. The van der Waals surface area contributed by atoms with Gasteiger partial charge in [-0.15, -0.1) is 10.2 Å². The molecule has 0 radical (unpaired) electrons. The predicted octanol–water partition coefficient (Wildman–Crippen LogP) is 3.43. The van der Waals surface area contributed by atoms with E-state index in [2.05, 4.69) is 15.2 Å². The summed E-state index contributed by atoms with van der Waals surface area (Å²) < 4.78 is 6.99. The first-order chi connectivity index (χ1) is 10.8. The zero-order valence-corrected chi connectivity index (χ0v) is 14.3. The van der Waals surface area contributed by atoms with Crippen molar-refractivity contribution in [3.63, 3.8) is 0 Å². The first kappa shape index (κ1) is 16.0. The molecule has 0 bridgehead atoms. The lowest BCUT2D eigenvalue weighted by Crippen LogP contribution is -2.21. The molecule has 0 spiro atoms. The van der Waals surface area contributed by atoms with Gasteiger partial charge in [0, 0.05) is 10.4 Å². The largest absolute Gasteiger partial charge is 0.423 e. The van der Waals surface area contributed by atoms with Crippen molar-refractivity contribution in [2.45, 2.75) is 32.7 Å². The molecule has 0 aliphatic heterocycles. The molecule has 0 fully saturated rings. The van der Waals surface area contributed by atoms with E-state index in [1.54, 1.807) is 12.1 Å². The summed E-state index contributed by atoms with van der Waals surface area (Å²) in [5, 5.41) is 9.05. The molecule has 3 rings (SSSR count). The topological polar surface area (TPSA) is 73.8 Å². The van der Waals surface area contributed by atoms with Crippen molar-refractivity contribution in [1.82, 2.24) is 19.7 Å². The number of rotatable bonds is 2. The molecule has 0 aliphatic carbocycles. The highest BCUT2D eigenvalue weighted by atomic mass is 35.5. The fourth-order valence-corrected chi connectivity index (χ4v) is 2.62. The molecule has 0 unspecified atom stereocenters. The van der Waals surface area contributed by atoms with Gasteiger partial charge in [0.25, 0.3) is 5.56 Å². The van der Waals surface area contributed by atoms with Gasteiger partial charge in [-0.25, -0.2) is 4.98 Å². The lowest BCUT2D eigenvalue weighted by molar-refractivity contribution is 0.366. The molecule has 1 aromatic carbocycles. The standard InChI is InChI=1S/C15H14Cl2N4O2/c1-15(2,3)14-20-19-11(23-14)6-21-7-18-12-9(13(21)22)4-8(16)5-10(12)17/h4-5,7H,6H2,1-3H3. The Bertz CT molecular complexity index is 941. The summed E-state index contributed by atoms with van der Waals surface area (Å²) in [4.78, 5) is 16.8. The maximum absolute atomic E-state index is 12.6. The summed E-state index contributed by atoms with van der Waals surface area (Å²) in [5.74, 6) is 0.853. The predicted molar refractivity (Wildman–Crippen MR) is 88.1 cm³/mol.